The number of nitrogens with two attached hydrogens (primary N) is 1. The van der Waals surface area contributed by atoms with Gasteiger partial charge in [0, 0.05) is 54.3 Å². The van der Waals surface area contributed by atoms with Crippen molar-refractivity contribution in [3.8, 4) is 17.0 Å². The lowest BCUT2D eigenvalue weighted by Gasteiger charge is -2.41. The molecule has 5 rings (SSSR count). The molecule has 1 spiro atoms. The number of methoxy groups -OCH3 is 1. The third kappa shape index (κ3) is 3.16. The van der Waals surface area contributed by atoms with E-state index in [-0.39, 0.29) is 17.6 Å². The first-order chi connectivity index (χ1) is 14.9. The lowest BCUT2D eigenvalue weighted by molar-refractivity contribution is 0.0973. The third-order valence-electron chi connectivity index (χ3n) is 6.92. The van der Waals surface area contributed by atoms with Gasteiger partial charge in [-0.05, 0) is 32.8 Å². The van der Waals surface area contributed by atoms with Crippen LogP contribution in [0.15, 0.2) is 24.7 Å². The Kier molecular flexibility index (Phi) is 5.03. The molecule has 3 aromatic heterocycles. The van der Waals surface area contributed by atoms with Crippen molar-refractivity contribution in [2.45, 2.75) is 38.8 Å². The SMILES string of the molecule is COc1nccc(-c2c(C)nc(N3CCC4(CC3)CO[C@@H](C)C4N)n3ccnc23)c1Cl. The van der Waals surface area contributed by atoms with Crippen LogP contribution < -0.4 is 15.4 Å². The minimum absolute atomic E-state index is 0.0695. The predicted octanol–water partition coefficient (Wildman–Crippen LogP) is 3.09. The molecule has 0 bridgehead atoms. The Bertz CT molecular complexity index is 1120. The Morgan fingerprint density at radius 3 is 2.71 bits per heavy atom. The fourth-order valence-electron chi connectivity index (χ4n) is 4.99. The quantitative estimate of drug-likeness (QED) is 0.666. The van der Waals surface area contributed by atoms with Gasteiger partial charge in [-0.25, -0.2) is 15.0 Å². The molecule has 31 heavy (non-hydrogen) atoms. The molecule has 0 aliphatic carbocycles. The van der Waals surface area contributed by atoms with Crippen LogP contribution in [0.1, 0.15) is 25.5 Å². The van der Waals surface area contributed by atoms with E-state index in [1.807, 2.05) is 23.6 Å². The van der Waals surface area contributed by atoms with Crippen LogP contribution in [0.25, 0.3) is 16.8 Å². The molecule has 9 heteroatoms. The molecular formula is C22H27ClN6O2. The van der Waals surface area contributed by atoms with E-state index in [4.69, 9.17) is 31.8 Å². The molecule has 1 unspecified atom stereocenters. The molecule has 0 amide bonds. The van der Waals surface area contributed by atoms with Gasteiger partial charge < -0.3 is 20.1 Å². The van der Waals surface area contributed by atoms with E-state index in [1.165, 1.54) is 0 Å². The molecule has 2 aliphatic heterocycles. The van der Waals surface area contributed by atoms with Gasteiger partial charge in [-0.2, -0.15) is 0 Å². The maximum Gasteiger partial charge on any atom is 0.232 e. The van der Waals surface area contributed by atoms with Gasteiger partial charge in [0.2, 0.25) is 11.8 Å². The number of hydrogen-bond donors (Lipinski definition) is 1. The van der Waals surface area contributed by atoms with Crippen LogP contribution in [-0.2, 0) is 4.74 Å². The fourth-order valence-corrected chi connectivity index (χ4v) is 5.28. The number of fused-ring (bicyclic) bond motifs is 1. The highest BCUT2D eigenvalue weighted by molar-refractivity contribution is 6.34. The maximum absolute atomic E-state index is 6.58. The van der Waals surface area contributed by atoms with Crippen molar-refractivity contribution in [1.82, 2.24) is 19.4 Å². The molecule has 0 saturated carbocycles. The number of piperidine rings is 1. The first kappa shape index (κ1) is 20.5. The monoisotopic (exact) mass is 442 g/mol. The Morgan fingerprint density at radius 1 is 1.26 bits per heavy atom. The van der Waals surface area contributed by atoms with Crippen LogP contribution in [0, 0.1) is 12.3 Å². The topological polar surface area (TPSA) is 90.8 Å². The Morgan fingerprint density at radius 2 is 2.03 bits per heavy atom. The molecule has 2 aliphatic rings. The summed E-state index contributed by atoms with van der Waals surface area (Å²) >= 11 is 6.58. The lowest BCUT2D eigenvalue weighted by Crippen LogP contribution is -2.51. The largest absolute Gasteiger partial charge is 0.480 e. The van der Waals surface area contributed by atoms with Crippen molar-refractivity contribution < 1.29 is 9.47 Å². The summed E-state index contributed by atoms with van der Waals surface area (Å²) in [7, 11) is 1.56. The minimum atomic E-state index is 0.0695. The van der Waals surface area contributed by atoms with Crippen molar-refractivity contribution in [2.24, 2.45) is 11.1 Å². The van der Waals surface area contributed by atoms with Crippen molar-refractivity contribution >= 4 is 23.2 Å². The number of ether oxygens (including phenoxy) is 2. The second-order valence-electron chi connectivity index (χ2n) is 8.57. The van der Waals surface area contributed by atoms with Gasteiger partial charge in [0.15, 0.2) is 0 Å². The van der Waals surface area contributed by atoms with Gasteiger partial charge in [0.1, 0.15) is 10.7 Å². The number of halogens is 1. The summed E-state index contributed by atoms with van der Waals surface area (Å²) in [6.45, 7) is 6.57. The average Bonchev–Trinajstić information content (AvgIpc) is 3.36. The molecule has 0 aromatic carbocycles. The molecule has 0 radical (unpaired) electrons. The number of nitrogens with zero attached hydrogens (tertiary/aromatic N) is 5. The van der Waals surface area contributed by atoms with Crippen molar-refractivity contribution in [1.29, 1.82) is 0 Å². The van der Waals surface area contributed by atoms with Crippen molar-refractivity contribution in [3.05, 3.63) is 35.4 Å². The van der Waals surface area contributed by atoms with Crippen molar-refractivity contribution in [2.75, 3.05) is 31.7 Å². The third-order valence-corrected chi connectivity index (χ3v) is 7.28. The zero-order valence-corrected chi connectivity index (χ0v) is 18.8. The van der Waals surface area contributed by atoms with Gasteiger partial charge in [-0.3, -0.25) is 4.40 Å². The highest BCUT2D eigenvalue weighted by atomic mass is 35.5. The first-order valence-electron chi connectivity index (χ1n) is 10.6. The van der Waals surface area contributed by atoms with E-state index in [0.29, 0.717) is 10.9 Å². The summed E-state index contributed by atoms with van der Waals surface area (Å²) in [6, 6.07) is 1.96. The van der Waals surface area contributed by atoms with Crippen molar-refractivity contribution in [3.63, 3.8) is 0 Å². The molecule has 2 saturated heterocycles. The fraction of sp³-hybridized carbons (Fsp3) is 0.500. The van der Waals surface area contributed by atoms with Crippen LogP contribution in [-0.4, -0.2) is 58.3 Å². The van der Waals surface area contributed by atoms with Gasteiger partial charge >= 0.3 is 0 Å². The highest BCUT2D eigenvalue weighted by Crippen LogP contribution is 2.43. The van der Waals surface area contributed by atoms with E-state index in [2.05, 4.69) is 21.8 Å². The average molecular weight is 443 g/mol. The highest BCUT2D eigenvalue weighted by Gasteiger charge is 2.47. The normalized spacial score (nSPS) is 23.1. The van der Waals surface area contributed by atoms with Crippen LogP contribution in [0.5, 0.6) is 5.88 Å². The Labute approximate surface area is 186 Å². The second kappa shape index (κ2) is 7.62. The number of imidazole rings is 1. The molecular weight excluding hydrogens is 416 g/mol. The number of anilines is 1. The molecule has 2 N–H and O–H groups in total. The second-order valence-corrected chi connectivity index (χ2v) is 8.94. The summed E-state index contributed by atoms with van der Waals surface area (Å²) in [4.78, 5) is 16.1. The molecule has 2 atom stereocenters. The van der Waals surface area contributed by atoms with Crippen LogP contribution in [0.4, 0.5) is 5.95 Å². The number of rotatable bonds is 3. The standard InChI is InChI=1S/C22H27ClN6O2/c1-13-16(15-4-7-26-20(30-3)17(15)23)19-25-8-11-29(19)21(27-13)28-9-5-22(6-10-28)12-31-14(2)18(22)24/h4,7-8,11,14,18H,5-6,9-10,12,24H2,1-3H3/t14-,18?/m0/s1. The Hall–Kier alpha value is -2.42. The molecule has 3 aromatic rings. The minimum Gasteiger partial charge on any atom is -0.480 e. The molecule has 2 fully saturated rings. The Balaban J connectivity index is 1.52. The van der Waals surface area contributed by atoms with Gasteiger partial charge in [-0.15, -0.1) is 0 Å². The predicted molar refractivity (Wildman–Crippen MR) is 120 cm³/mol. The van der Waals surface area contributed by atoms with E-state index in [1.54, 1.807) is 19.5 Å². The number of aryl methyl sites for hydroxylation is 1. The summed E-state index contributed by atoms with van der Waals surface area (Å²) in [5.41, 5.74) is 9.92. The van der Waals surface area contributed by atoms with E-state index < -0.39 is 0 Å². The number of pyridine rings is 1. The van der Waals surface area contributed by atoms with Gasteiger partial charge in [0.25, 0.3) is 0 Å². The summed E-state index contributed by atoms with van der Waals surface area (Å²) in [6.07, 6.45) is 7.53. The summed E-state index contributed by atoms with van der Waals surface area (Å²) < 4.78 is 13.2. The van der Waals surface area contributed by atoms with Crippen LogP contribution >= 0.6 is 11.6 Å². The molecule has 164 valence electrons. The first-order valence-corrected chi connectivity index (χ1v) is 11.0. The van der Waals surface area contributed by atoms with E-state index >= 15 is 0 Å². The smallest absolute Gasteiger partial charge is 0.232 e. The number of hydrogen-bond acceptors (Lipinski definition) is 7. The summed E-state index contributed by atoms with van der Waals surface area (Å²) in [5.74, 6) is 1.28. The van der Waals surface area contributed by atoms with Gasteiger partial charge in [0.05, 0.1) is 25.5 Å². The van der Waals surface area contributed by atoms with Gasteiger partial charge in [-0.1, -0.05) is 11.6 Å². The lowest BCUT2D eigenvalue weighted by atomic mass is 9.73. The molecule has 8 nitrogen and oxygen atoms in total. The van der Waals surface area contributed by atoms with E-state index in [9.17, 15) is 0 Å². The zero-order valence-electron chi connectivity index (χ0n) is 18.0. The molecule has 5 heterocycles. The van der Waals surface area contributed by atoms with E-state index in [0.717, 1.165) is 61.0 Å². The summed E-state index contributed by atoms with van der Waals surface area (Å²) in [5, 5.41) is 0.455. The maximum atomic E-state index is 6.58. The zero-order chi connectivity index (χ0) is 21.8. The number of aromatic nitrogens is 4. The van der Waals surface area contributed by atoms with Crippen LogP contribution in [0.3, 0.4) is 0 Å². The van der Waals surface area contributed by atoms with Crippen LogP contribution in [0.2, 0.25) is 5.02 Å².